The van der Waals surface area contributed by atoms with Crippen LogP contribution in [-0.2, 0) is 27.4 Å². The molecule has 5 rings (SSSR count). The molecular weight excluding hydrogens is 430 g/mol. The molecule has 0 radical (unpaired) electrons. The summed E-state index contributed by atoms with van der Waals surface area (Å²) in [5.41, 5.74) is 5.43. The van der Waals surface area contributed by atoms with Crippen molar-refractivity contribution in [3.05, 3.63) is 95.8 Å². The number of anilines is 1. The summed E-state index contributed by atoms with van der Waals surface area (Å²) in [6.45, 7) is 2.12. The molecule has 1 saturated heterocycles. The van der Waals surface area contributed by atoms with Gasteiger partial charge < -0.3 is 24.5 Å². The Morgan fingerprint density at radius 2 is 1.88 bits per heavy atom. The van der Waals surface area contributed by atoms with Crippen LogP contribution in [0.15, 0.2) is 79.1 Å². The number of hydrogen-bond donors (Lipinski definition) is 2. The Balaban J connectivity index is 1.44. The molecule has 2 N–H and O–H groups in total. The van der Waals surface area contributed by atoms with E-state index in [1.54, 1.807) is 0 Å². The van der Waals surface area contributed by atoms with Gasteiger partial charge in [-0.05, 0) is 35.4 Å². The minimum Gasteiger partial charge on any atom is -0.392 e. The Hall–Kier alpha value is -3.52. The maximum atomic E-state index is 11.5. The lowest BCUT2D eigenvalue weighted by Gasteiger charge is -2.36. The van der Waals surface area contributed by atoms with Crippen molar-refractivity contribution in [2.75, 3.05) is 5.32 Å². The number of aromatic nitrogens is 2. The van der Waals surface area contributed by atoms with Gasteiger partial charge in [-0.15, -0.1) is 0 Å². The molecule has 3 aromatic carbocycles. The van der Waals surface area contributed by atoms with E-state index in [0.29, 0.717) is 18.7 Å². The Morgan fingerprint density at radius 3 is 2.68 bits per heavy atom. The van der Waals surface area contributed by atoms with Gasteiger partial charge in [0.1, 0.15) is 0 Å². The molecule has 1 aliphatic rings. The number of nitrogens with one attached hydrogen (secondary N) is 1. The third kappa shape index (κ3) is 4.87. The number of aliphatic hydroxyl groups is 1. The summed E-state index contributed by atoms with van der Waals surface area (Å²) >= 11 is 0. The molecule has 1 amide bonds. The van der Waals surface area contributed by atoms with E-state index >= 15 is 0 Å². The third-order valence-electron chi connectivity index (χ3n) is 6.02. The number of hydrogen-bond acceptors (Lipinski definition) is 5. The SMILES string of the molecule is CC(=O)Nc1cccc(C2OC(Cn3cnc4ccccc43)CC(c3ccc(CO)cc3)O2)c1. The fourth-order valence-corrected chi connectivity index (χ4v) is 4.37. The van der Waals surface area contributed by atoms with Gasteiger partial charge in [-0.2, -0.15) is 0 Å². The molecule has 2 heterocycles. The molecule has 7 nitrogen and oxygen atoms in total. The van der Waals surface area contributed by atoms with Crippen LogP contribution in [0.4, 0.5) is 5.69 Å². The van der Waals surface area contributed by atoms with E-state index in [0.717, 1.165) is 27.7 Å². The van der Waals surface area contributed by atoms with Crippen molar-refractivity contribution in [2.45, 2.75) is 45.0 Å². The number of carbonyl (C=O) groups is 1. The summed E-state index contributed by atoms with van der Waals surface area (Å²) in [7, 11) is 0. The van der Waals surface area contributed by atoms with E-state index in [1.165, 1.54) is 6.92 Å². The highest BCUT2D eigenvalue weighted by Gasteiger charge is 2.32. The molecule has 0 saturated carbocycles. The van der Waals surface area contributed by atoms with Crippen LogP contribution in [0.25, 0.3) is 11.0 Å². The lowest BCUT2D eigenvalue weighted by molar-refractivity contribution is -0.252. The second-order valence-corrected chi connectivity index (χ2v) is 8.54. The van der Waals surface area contributed by atoms with E-state index in [4.69, 9.17) is 9.47 Å². The number of para-hydroxylation sites is 2. The van der Waals surface area contributed by atoms with Gasteiger partial charge in [-0.25, -0.2) is 4.98 Å². The lowest BCUT2D eigenvalue weighted by Crippen LogP contribution is -2.32. The summed E-state index contributed by atoms with van der Waals surface area (Å²) in [6.07, 6.45) is 1.62. The second-order valence-electron chi connectivity index (χ2n) is 8.54. The highest BCUT2D eigenvalue weighted by atomic mass is 16.7. The molecule has 34 heavy (non-hydrogen) atoms. The summed E-state index contributed by atoms with van der Waals surface area (Å²) in [4.78, 5) is 16.0. The van der Waals surface area contributed by atoms with Crippen molar-refractivity contribution in [3.63, 3.8) is 0 Å². The van der Waals surface area contributed by atoms with Crippen LogP contribution in [0.5, 0.6) is 0 Å². The standard InChI is InChI=1S/C27H27N3O4/c1-18(32)29-22-6-4-5-21(13-22)27-33-23(15-30-17-28-24-7-2-3-8-25(24)30)14-26(34-27)20-11-9-19(16-31)10-12-20/h2-13,17,23,26-27,31H,14-16H2,1H3,(H,29,32). The second kappa shape index (κ2) is 9.77. The maximum Gasteiger partial charge on any atom is 0.221 e. The fraction of sp³-hybridized carbons (Fsp3) is 0.259. The van der Waals surface area contributed by atoms with Crippen LogP contribution in [-0.4, -0.2) is 26.7 Å². The molecule has 1 fully saturated rings. The zero-order valence-corrected chi connectivity index (χ0v) is 18.9. The van der Waals surface area contributed by atoms with Gasteiger partial charge in [0, 0.05) is 24.6 Å². The topological polar surface area (TPSA) is 85.6 Å². The number of rotatable bonds is 6. The molecule has 0 spiro atoms. The molecule has 4 aromatic rings. The van der Waals surface area contributed by atoms with Gasteiger partial charge in [-0.3, -0.25) is 4.79 Å². The van der Waals surface area contributed by atoms with Gasteiger partial charge in [0.05, 0.1) is 42.7 Å². The summed E-state index contributed by atoms with van der Waals surface area (Å²) in [5, 5.41) is 12.2. The average Bonchev–Trinajstić information content (AvgIpc) is 3.26. The predicted molar refractivity (Wildman–Crippen MR) is 129 cm³/mol. The number of fused-ring (bicyclic) bond motifs is 1. The molecule has 3 unspecified atom stereocenters. The van der Waals surface area contributed by atoms with Gasteiger partial charge >= 0.3 is 0 Å². The first-order chi connectivity index (χ1) is 16.6. The minimum absolute atomic E-state index is 0.00378. The lowest BCUT2D eigenvalue weighted by atomic mass is 10.00. The van der Waals surface area contributed by atoms with Crippen LogP contribution in [0.3, 0.4) is 0 Å². The van der Waals surface area contributed by atoms with Crippen molar-refractivity contribution < 1.29 is 19.4 Å². The Bertz CT molecular complexity index is 1280. The largest absolute Gasteiger partial charge is 0.392 e. The van der Waals surface area contributed by atoms with E-state index in [-0.39, 0.29) is 24.7 Å². The van der Waals surface area contributed by atoms with Crippen LogP contribution < -0.4 is 5.32 Å². The highest BCUT2D eigenvalue weighted by molar-refractivity contribution is 5.88. The molecule has 1 aromatic heterocycles. The van der Waals surface area contributed by atoms with Crippen LogP contribution in [0.2, 0.25) is 0 Å². The maximum absolute atomic E-state index is 11.5. The zero-order chi connectivity index (χ0) is 23.5. The smallest absolute Gasteiger partial charge is 0.221 e. The summed E-state index contributed by atoms with van der Waals surface area (Å²) in [6, 6.07) is 23.4. The van der Waals surface area contributed by atoms with Gasteiger partial charge in [-0.1, -0.05) is 48.5 Å². The quantitative estimate of drug-likeness (QED) is 0.437. The Labute approximate surface area is 198 Å². The van der Waals surface area contributed by atoms with Crippen LogP contribution >= 0.6 is 0 Å². The van der Waals surface area contributed by atoms with Crippen molar-refractivity contribution >= 4 is 22.6 Å². The molecular formula is C27H27N3O4. The van der Waals surface area contributed by atoms with Gasteiger partial charge in [0.15, 0.2) is 6.29 Å². The normalized spacial score (nSPS) is 20.4. The van der Waals surface area contributed by atoms with Gasteiger partial charge in [0.25, 0.3) is 0 Å². The van der Waals surface area contributed by atoms with Crippen molar-refractivity contribution in [1.82, 2.24) is 9.55 Å². The van der Waals surface area contributed by atoms with Gasteiger partial charge in [0.2, 0.25) is 5.91 Å². The van der Waals surface area contributed by atoms with E-state index in [1.807, 2.05) is 73.1 Å². The highest BCUT2D eigenvalue weighted by Crippen LogP contribution is 2.39. The van der Waals surface area contributed by atoms with Crippen LogP contribution in [0, 0.1) is 0 Å². The van der Waals surface area contributed by atoms with E-state index < -0.39 is 6.29 Å². The molecule has 3 atom stereocenters. The number of amides is 1. The first-order valence-corrected chi connectivity index (χ1v) is 11.4. The van der Waals surface area contributed by atoms with E-state index in [9.17, 15) is 9.90 Å². The number of benzene rings is 3. The molecule has 1 aliphatic heterocycles. The number of imidazole rings is 1. The van der Waals surface area contributed by atoms with E-state index in [2.05, 4.69) is 20.9 Å². The third-order valence-corrected chi connectivity index (χ3v) is 6.02. The monoisotopic (exact) mass is 457 g/mol. The molecule has 0 bridgehead atoms. The van der Waals surface area contributed by atoms with Crippen molar-refractivity contribution in [3.8, 4) is 0 Å². The van der Waals surface area contributed by atoms with Crippen molar-refractivity contribution in [1.29, 1.82) is 0 Å². The fourth-order valence-electron chi connectivity index (χ4n) is 4.37. The predicted octanol–water partition coefficient (Wildman–Crippen LogP) is 4.73. The summed E-state index contributed by atoms with van der Waals surface area (Å²) in [5.74, 6) is -0.130. The summed E-state index contributed by atoms with van der Waals surface area (Å²) < 4.78 is 14.9. The average molecular weight is 458 g/mol. The Kier molecular flexibility index (Phi) is 6.40. The first kappa shape index (κ1) is 22.3. The number of ether oxygens (including phenoxy) is 2. The first-order valence-electron chi connectivity index (χ1n) is 11.4. The number of aliphatic hydroxyl groups excluding tert-OH is 1. The molecule has 174 valence electrons. The van der Waals surface area contributed by atoms with Crippen LogP contribution in [0.1, 0.15) is 42.4 Å². The number of nitrogens with zero attached hydrogens (tertiary/aromatic N) is 2. The molecule has 7 heteroatoms. The number of carbonyl (C=O) groups excluding carboxylic acids is 1. The zero-order valence-electron chi connectivity index (χ0n) is 18.9. The van der Waals surface area contributed by atoms with Crippen molar-refractivity contribution in [2.24, 2.45) is 0 Å². The minimum atomic E-state index is -0.593. The Morgan fingerprint density at radius 1 is 1.06 bits per heavy atom. The molecule has 0 aliphatic carbocycles.